The standard InChI is InChI=1S/C23H24ClN2O/c24-21-8-6-19(7-9-21)23-3-1-2-20(23)16-25-12-14-26(15-13-25)22-10-4-18(17-27)5-11-22/h4-11H,1-3,12-16H2. The fourth-order valence-electron chi connectivity index (χ4n) is 4.15. The van der Waals surface area contributed by atoms with Gasteiger partial charge in [0.2, 0.25) is 6.29 Å². The van der Waals surface area contributed by atoms with E-state index >= 15 is 0 Å². The molecule has 4 rings (SSSR count). The first kappa shape index (κ1) is 18.3. The van der Waals surface area contributed by atoms with Crippen molar-refractivity contribution in [1.82, 2.24) is 4.90 Å². The van der Waals surface area contributed by atoms with E-state index in [9.17, 15) is 4.79 Å². The molecular weight excluding hydrogens is 356 g/mol. The number of halogens is 1. The Bertz CT molecular complexity index is 818. The molecule has 2 aliphatic rings. The maximum Gasteiger partial charge on any atom is 0.233 e. The highest BCUT2D eigenvalue weighted by atomic mass is 35.5. The van der Waals surface area contributed by atoms with Gasteiger partial charge in [0.15, 0.2) is 0 Å². The molecule has 2 aromatic rings. The van der Waals surface area contributed by atoms with Crippen LogP contribution in [0.3, 0.4) is 0 Å². The lowest BCUT2D eigenvalue weighted by Gasteiger charge is -2.36. The fraction of sp³-hybridized carbons (Fsp3) is 0.348. The molecule has 1 aliphatic carbocycles. The van der Waals surface area contributed by atoms with Gasteiger partial charge in [-0.3, -0.25) is 9.69 Å². The second-order valence-corrected chi connectivity index (χ2v) is 7.79. The number of rotatable bonds is 5. The van der Waals surface area contributed by atoms with Gasteiger partial charge in [0.25, 0.3) is 0 Å². The molecule has 0 saturated carbocycles. The number of hydrogen-bond acceptors (Lipinski definition) is 3. The first-order chi connectivity index (χ1) is 13.2. The van der Waals surface area contributed by atoms with Gasteiger partial charge in [-0.2, -0.15) is 0 Å². The van der Waals surface area contributed by atoms with Crippen LogP contribution in [-0.2, 0) is 4.79 Å². The fourth-order valence-corrected chi connectivity index (χ4v) is 4.28. The molecule has 1 heterocycles. The zero-order valence-electron chi connectivity index (χ0n) is 15.5. The number of allylic oxidation sites excluding steroid dienone is 1. The Hall–Kier alpha value is -2.10. The summed E-state index contributed by atoms with van der Waals surface area (Å²) in [6, 6.07) is 16.0. The summed E-state index contributed by atoms with van der Waals surface area (Å²) in [7, 11) is 0. The molecule has 3 nitrogen and oxygen atoms in total. The van der Waals surface area contributed by atoms with Crippen LogP contribution in [0, 0.1) is 0 Å². The summed E-state index contributed by atoms with van der Waals surface area (Å²) in [5.41, 5.74) is 6.25. The van der Waals surface area contributed by atoms with E-state index in [1.165, 1.54) is 36.1 Å². The number of carbonyl (C=O) groups excluding carboxylic acids is 1. The van der Waals surface area contributed by atoms with Gasteiger partial charge in [0, 0.05) is 49.0 Å². The Morgan fingerprint density at radius 1 is 0.889 bits per heavy atom. The first-order valence-corrected chi connectivity index (χ1v) is 10.0. The summed E-state index contributed by atoms with van der Waals surface area (Å²) in [5, 5.41) is 0.800. The van der Waals surface area contributed by atoms with Crippen LogP contribution in [0.25, 0.3) is 5.57 Å². The van der Waals surface area contributed by atoms with Gasteiger partial charge >= 0.3 is 0 Å². The van der Waals surface area contributed by atoms with E-state index < -0.39 is 0 Å². The Kier molecular flexibility index (Phi) is 5.61. The molecule has 0 N–H and O–H groups in total. The number of hydrogen-bond donors (Lipinski definition) is 0. The molecular formula is C23H24ClN2O. The van der Waals surface area contributed by atoms with E-state index in [-0.39, 0.29) is 0 Å². The van der Waals surface area contributed by atoms with Crippen LogP contribution >= 0.6 is 11.6 Å². The van der Waals surface area contributed by atoms with Gasteiger partial charge < -0.3 is 4.90 Å². The molecule has 2 aromatic carbocycles. The molecule has 27 heavy (non-hydrogen) atoms. The largest absolute Gasteiger partial charge is 0.369 e. The van der Waals surface area contributed by atoms with Crippen molar-refractivity contribution in [2.75, 3.05) is 37.6 Å². The number of nitrogens with zero attached hydrogens (tertiary/aromatic N) is 2. The van der Waals surface area contributed by atoms with E-state index in [4.69, 9.17) is 11.6 Å². The third kappa shape index (κ3) is 4.26. The Labute approximate surface area is 166 Å². The third-order valence-corrected chi connectivity index (χ3v) is 5.91. The van der Waals surface area contributed by atoms with Gasteiger partial charge in [-0.25, -0.2) is 0 Å². The van der Waals surface area contributed by atoms with E-state index in [2.05, 4.69) is 21.9 Å². The van der Waals surface area contributed by atoms with Crippen LogP contribution in [0.1, 0.15) is 30.4 Å². The molecule has 1 aliphatic heterocycles. The Morgan fingerprint density at radius 2 is 1.59 bits per heavy atom. The number of anilines is 1. The second-order valence-electron chi connectivity index (χ2n) is 7.35. The predicted octanol–water partition coefficient (Wildman–Crippen LogP) is 4.56. The average molecular weight is 380 g/mol. The maximum absolute atomic E-state index is 10.7. The summed E-state index contributed by atoms with van der Waals surface area (Å²) in [6.45, 7) is 5.25. The molecule has 0 bridgehead atoms. The van der Waals surface area contributed by atoms with Crippen molar-refractivity contribution in [3.63, 3.8) is 0 Å². The lowest BCUT2D eigenvalue weighted by atomic mass is 10.0. The minimum atomic E-state index is 0.611. The zero-order chi connectivity index (χ0) is 18.6. The van der Waals surface area contributed by atoms with Crippen molar-refractivity contribution in [1.29, 1.82) is 0 Å². The van der Waals surface area contributed by atoms with Gasteiger partial charge in [-0.1, -0.05) is 29.3 Å². The Morgan fingerprint density at radius 3 is 2.26 bits per heavy atom. The van der Waals surface area contributed by atoms with Gasteiger partial charge in [-0.05, 0) is 66.8 Å². The SMILES string of the molecule is O=[C]c1ccc(N2CCN(CC3=C(c4ccc(Cl)cc4)CCC3)CC2)cc1. The van der Waals surface area contributed by atoms with Gasteiger partial charge in [-0.15, -0.1) is 0 Å². The molecule has 0 spiro atoms. The van der Waals surface area contributed by atoms with Crippen LogP contribution in [0.5, 0.6) is 0 Å². The molecule has 0 amide bonds. The molecule has 4 heteroatoms. The van der Waals surface area contributed by atoms with Crippen molar-refractivity contribution >= 4 is 29.1 Å². The number of piperazine rings is 1. The molecule has 139 valence electrons. The summed E-state index contributed by atoms with van der Waals surface area (Å²) < 4.78 is 0. The molecule has 0 atom stereocenters. The first-order valence-electron chi connectivity index (χ1n) is 9.65. The summed E-state index contributed by atoms with van der Waals surface area (Å²) >= 11 is 6.04. The molecule has 1 fully saturated rings. The van der Waals surface area contributed by atoms with Crippen LogP contribution in [0.4, 0.5) is 5.69 Å². The van der Waals surface area contributed by atoms with Crippen LogP contribution < -0.4 is 4.90 Å². The van der Waals surface area contributed by atoms with Crippen molar-refractivity contribution in [2.24, 2.45) is 0 Å². The van der Waals surface area contributed by atoms with Crippen molar-refractivity contribution in [3.8, 4) is 0 Å². The maximum atomic E-state index is 10.7. The summed E-state index contributed by atoms with van der Waals surface area (Å²) in [6.07, 6.45) is 5.58. The van der Waals surface area contributed by atoms with E-state index in [1.807, 2.05) is 42.7 Å². The highest BCUT2D eigenvalue weighted by molar-refractivity contribution is 6.30. The predicted molar refractivity (Wildman–Crippen MR) is 112 cm³/mol. The topological polar surface area (TPSA) is 23.6 Å². The van der Waals surface area contributed by atoms with E-state index in [0.29, 0.717) is 5.56 Å². The third-order valence-electron chi connectivity index (χ3n) is 5.66. The van der Waals surface area contributed by atoms with Gasteiger partial charge in [0.1, 0.15) is 0 Å². The summed E-state index contributed by atoms with van der Waals surface area (Å²) in [5.74, 6) is 0. The average Bonchev–Trinajstić information content (AvgIpc) is 3.17. The Balaban J connectivity index is 1.38. The van der Waals surface area contributed by atoms with Crippen LogP contribution in [-0.4, -0.2) is 43.9 Å². The normalized spacial score (nSPS) is 18.2. The highest BCUT2D eigenvalue weighted by Crippen LogP contribution is 2.35. The minimum absolute atomic E-state index is 0.611. The smallest absolute Gasteiger partial charge is 0.233 e. The minimum Gasteiger partial charge on any atom is -0.369 e. The molecule has 1 radical (unpaired) electrons. The summed E-state index contributed by atoms with van der Waals surface area (Å²) in [4.78, 5) is 15.7. The van der Waals surface area contributed by atoms with Crippen molar-refractivity contribution in [3.05, 3.63) is 70.3 Å². The van der Waals surface area contributed by atoms with Crippen molar-refractivity contribution < 1.29 is 4.79 Å². The van der Waals surface area contributed by atoms with E-state index in [0.717, 1.165) is 37.7 Å². The lowest BCUT2D eigenvalue weighted by Crippen LogP contribution is -2.46. The molecule has 1 saturated heterocycles. The number of benzene rings is 2. The molecule has 0 aromatic heterocycles. The lowest BCUT2D eigenvalue weighted by molar-refractivity contribution is 0.277. The second kappa shape index (κ2) is 8.28. The highest BCUT2D eigenvalue weighted by Gasteiger charge is 2.22. The van der Waals surface area contributed by atoms with Crippen molar-refractivity contribution in [2.45, 2.75) is 19.3 Å². The monoisotopic (exact) mass is 379 g/mol. The zero-order valence-corrected chi connectivity index (χ0v) is 16.2. The van der Waals surface area contributed by atoms with E-state index in [1.54, 1.807) is 5.57 Å². The van der Waals surface area contributed by atoms with Crippen LogP contribution in [0.2, 0.25) is 5.02 Å². The molecule has 0 unspecified atom stereocenters. The van der Waals surface area contributed by atoms with Gasteiger partial charge in [0.05, 0.1) is 0 Å². The van der Waals surface area contributed by atoms with Crippen LogP contribution in [0.15, 0.2) is 54.1 Å². The quantitative estimate of drug-likeness (QED) is 0.761.